The quantitative estimate of drug-likeness (QED) is 0.309. The first-order valence-electron chi connectivity index (χ1n) is 13.4. The second-order valence-corrected chi connectivity index (χ2v) is 16.0. The number of hydrogen-bond donors (Lipinski definition) is 1. The lowest BCUT2D eigenvalue weighted by molar-refractivity contribution is 0.0954. The van der Waals surface area contributed by atoms with Crippen molar-refractivity contribution in [2.75, 3.05) is 6.26 Å². The zero-order valence-corrected chi connectivity index (χ0v) is 26.6. The molecule has 1 aromatic heterocycles. The van der Waals surface area contributed by atoms with Crippen LogP contribution in [-0.2, 0) is 38.4 Å². The molecule has 0 radical (unpaired) electrons. The van der Waals surface area contributed by atoms with Gasteiger partial charge in [0.25, 0.3) is 0 Å². The predicted molar refractivity (Wildman–Crippen MR) is 161 cm³/mol. The standard InChI is InChI=1S/C31H40N2O6S2/c1-20(2)17-28-26(18-33(30(34)35)31(5,6)7)29(23-11-9-21(3)10-12-23)27(22(4)32-28)19-41(38,39)25-15-13-24(14-16-25)40(8,36)37/h9-16,20H,17-19H2,1-8H3,(H,34,35). The van der Waals surface area contributed by atoms with Crippen molar-refractivity contribution in [3.63, 3.8) is 0 Å². The Morgan fingerprint density at radius 2 is 1.44 bits per heavy atom. The van der Waals surface area contributed by atoms with E-state index in [4.69, 9.17) is 4.98 Å². The SMILES string of the molecule is Cc1ccc(-c2c(CS(=O)(=O)c3ccc(S(C)(=O)=O)cc3)c(C)nc(CC(C)C)c2CN(C(=O)O)C(C)(C)C)cc1. The van der Waals surface area contributed by atoms with Gasteiger partial charge in [0.05, 0.1) is 22.1 Å². The van der Waals surface area contributed by atoms with E-state index in [1.54, 1.807) is 6.92 Å². The molecular formula is C31H40N2O6S2. The summed E-state index contributed by atoms with van der Waals surface area (Å²) in [5.41, 5.74) is 4.22. The van der Waals surface area contributed by atoms with Gasteiger partial charge in [0.1, 0.15) is 0 Å². The Hall–Kier alpha value is -3.24. The molecule has 2 aromatic carbocycles. The Morgan fingerprint density at radius 3 is 1.90 bits per heavy atom. The molecule has 0 spiro atoms. The zero-order valence-electron chi connectivity index (χ0n) is 25.0. The van der Waals surface area contributed by atoms with E-state index in [9.17, 15) is 26.7 Å². The Kier molecular flexibility index (Phi) is 9.40. The summed E-state index contributed by atoms with van der Waals surface area (Å²) >= 11 is 0. The lowest BCUT2D eigenvalue weighted by Gasteiger charge is -2.35. The minimum atomic E-state index is -3.93. The zero-order chi connectivity index (χ0) is 30.9. The first kappa shape index (κ1) is 32.3. The average Bonchev–Trinajstić information content (AvgIpc) is 2.83. The molecule has 0 aliphatic rings. The maximum atomic E-state index is 13.7. The lowest BCUT2D eigenvalue weighted by Crippen LogP contribution is -2.44. The molecule has 222 valence electrons. The molecule has 0 fully saturated rings. The highest BCUT2D eigenvalue weighted by Gasteiger charge is 2.31. The monoisotopic (exact) mass is 600 g/mol. The van der Waals surface area contributed by atoms with E-state index in [-0.39, 0.29) is 28.0 Å². The molecule has 3 aromatic rings. The molecule has 0 aliphatic carbocycles. The van der Waals surface area contributed by atoms with Gasteiger partial charge in [-0.2, -0.15) is 0 Å². The minimum absolute atomic E-state index is 0.00572. The van der Waals surface area contributed by atoms with Crippen LogP contribution >= 0.6 is 0 Å². The average molecular weight is 601 g/mol. The Labute approximate surface area is 244 Å². The highest BCUT2D eigenvalue weighted by Crippen LogP contribution is 2.36. The second-order valence-electron chi connectivity index (χ2n) is 12.0. The van der Waals surface area contributed by atoms with Crippen LogP contribution in [0.1, 0.15) is 62.7 Å². The van der Waals surface area contributed by atoms with Crippen LogP contribution in [0.2, 0.25) is 0 Å². The third-order valence-electron chi connectivity index (χ3n) is 6.94. The van der Waals surface area contributed by atoms with Crippen molar-refractivity contribution >= 4 is 25.8 Å². The van der Waals surface area contributed by atoms with Crippen LogP contribution in [-0.4, -0.2) is 49.7 Å². The largest absolute Gasteiger partial charge is 0.465 e. The third-order valence-corrected chi connectivity index (χ3v) is 9.72. The Balaban J connectivity index is 2.33. The number of carboxylic acid groups (broad SMARTS) is 1. The van der Waals surface area contributed by atoms with Gasteiger partial charge in [0.2, 0.25) is 0 Å². The van der Waals surface area contributed by atoms with Gasteiger partial charge in [-0.15, -0.1) is 0 Å². The molecule has 1 amide bonds. The summed E-state index contributed by atoms with van der Waals surface area (Å²) in [6.07, 6.45) is 0.577. The summed E-state index contributed by atoms with van der Waals surface area (Å²) in [5.74, 6) is -0.160. The Bertz CT molecular complexity index is 1640. The van der Waals surface area contributed by atoms with Crippen LogP contribution < -0.4 is 0 Å². The highest BCUT2D eigenvalue weighted by molar-refractivity contribution is 7.91. The molecule has 0 unspecified atom stereocenters. The predicted octanol–water partition coefficient (Wildman–Crippen LogP) is 6.22. The fourth-order valence-corrected chi connectivity index (χ4v) is 6.81. The summed E-state index contributed by atoms with van der Waals surface area (Å²) in [6.45, 7) is 13.4. The van der Waals surface area contributed by atoms with Crippen molar-refractivity contribution in [2.45, 2.75) is 82.5 Å². The van der Waals surface area contributed by atoms with Crippen LogP contribution in [0.4, 0.5) is 4.79 Å². The minimum Gasteiger partial charge on any atom is -0.465 e. The second kappa shape index (κ2) is 11.9. The number of amides is 1. The van der Waals surface area contributed by atoms with Gasteiger partial charge in [0, 0.05) is 28.7 Å². The lowest BCUT2D eigenvalue weighted by atomic mass is 9.89. The van der Waals surface area contributed by atoms with Gasteiger partial charge in [-0.1, -0.05) is 43.7 Å². The van der Waals surface area contributed by atoms with Gasteiger partial charge in [-0.3, -0.25) is 9.88 Å². The summed E-state index contributed by atoms with van der Waals surface area (Å²) in [6, 6.07) is 12.9. The number of aryl methyl sites for hydroxylation is 2. The van der Waals surface area contributed by atoms with Gasteiger partial charge >= 0.3 is 6.09 Å². The number of aromatic nitrogens is 1. The van der Waals surface area contributed by atoms with Gasteiger partial charge in [-0.25, -0.2) is 21.6 Å². The smallest absolute Gasteiger partial charge is 0.408 e. The van der Waals surface area contributed by atoms with E-state index >= 15 is 0 Å². The fraction of sp³-hybridized carbons (Fsp3) is 0.419. The van der Waals surface area contributed by atoms with E-state index in [0.29, 0.717) is 28.8 Å². The number of pyridine rings is 1. The van der Waals surface area contributed by atoms with E-state index in [2.05, 4.69) is 13.8 Å². The van der Waals surface area contributed by atoms with Crippen LogP contribution in [0.25, 0.3) is 11.1 Å². The number of rotatable bonds is 9. The van der Waals surface area contributed by atoms with Crippen molar-refractivity contribution in [1.82, 2.24) is 9.88 Å². The van der Waals surface area contributed by atoms with Crippen LogP contribution in [0, 0.1) is 19.8 Å². The summed E-state index contributed by atoms with van der Waals surface area (Å²) in [4.78, 5) is 18.7. The fourth-order valence-electron chi connectivity index (χ4n) is 4.73. The topological polar surface area (TPSA) is 122 Å². The molecule has 41 heavy (non-hydrogen) atoms. The molecule has 0 bridgehead atoms. The molecule has 1 heterocycles. The van der Waals surface area contributed by atoms with Gasteiger partial charge < -0.3 is 5.11 Å². The molecule has 1 N–H and O–H groups in total. The van der Waals surface area contributed by atoms with Crippen molar-refractivity contribution in [1.29, 1.82) is 0 Å². The highest BCUT2D eigenvalue weighted by atomic mass is 32.2. The third kappa shape index (κ3) is 7.74. The molecule has 0 aliphatic heterocycles. The molecule has 0 atom stereocenters. The molecular weight excluding hydrogens is 560 g/mol. The number of benzene rings is 2. The first-order chi connectivity index (χ1) is 18.8. The molecule has 8 nitrogen and oxygen atoms in total. The summed E-state index contributed by atoms with van der Waals surface area (Å²) < 4.78 is 51.3. The number of nitrogens with zero attached hydrogens (tertiary/aromatic N) is 2. The molecule has 0 saturated carbocycles. The van der Waals surface area contributed by atoms with Gasteiger partial charge in [0.15, 0.2) is 19.7 Å². The maximum Gasteiger partial charge on any atom is 0.408 e. The Morgan fingerprint density at radius 1 is 0.902 bits per heavy atom. The van der Waals surface area contributed by atoms with Crippen molar-refractivity contribution in [3.05, 3.63) is 76.6 Å². The van der Waals surface area contributed by atoms with Crippen molar-refractivity contribution in [2.24, 2.45) is 5.92 Å². The maximum absolute atomic E-state index is 13.7. The van der Waals surface area contributed by atoms with Crippen molar-refractivity contribution < 1.29 is 26.7 Å². The molecule has 0 saturated heterocycles. The normalized spacial score (nSPS) is 12.5. The summed E-state index contributed by atoms with van der Waals surface area (Å²) in [7, 11) is -7.41. The van der Waals surface area contributed by atoms with E-state index < -0.39 is 31.3 Å². The first-order valence-corrected chi connectivity index (χ1v) is 17.0. The van der Waals surface area contributed by atoms with Crippen LogP contribution in [0.15, 0.2) is 58.3 Å². The number of hydrogen-bond acceptors (Lipinski definition) is 6. The van der Waals surface area contributed by atoms with Crippen LogP contribution in [0.3, 0.4) is 0 Å². The van der Waals surface area contributed by atoms with Crippen LogP contribution in [0.5, 0.6) is 0 Å². The summed E-state index contributed by atoms with van der Waals surface area (Å²) in [5, 5.41) is 10.1. The number of sulfone groups is 2. The van der Waals surface area contributed by atoms with E-state index in [1.807, 2.05) is 52.0 Å². The van der Waals surface area contributed by atoms with E-state index in [0.717, 1.165) is 23.1 Å². The molecule has 3 rings (SSSR count). The van der Waals surface area contributed by atoms with Gasteiger partial charge in [-0.05, 0) is 87.9 Å². The van der Waals surface area contributed by atoms with Crippen molar-refractivity contribution in [3.8, 4) is 11.1 Å². The number of carbonyl (C=O) groups is 1. The molecule has 10 heteroatoms. The van der Waals surface area contributed by atoms with E-state index in [1.165, 1.54) is 29.2 Å².